The number of nitrogens with one attached hydrogen (secondary N) is 1. The lowest BCUT2D eigenvalue weighted by Gasteiger charge is -2.43. The Balaban J connectivity index is 0.00000192. The molecule has 3 unspecified atom stereocenters. The number of hydrogen-bond donors (Lipinski definition) is 2. The van der Waals surface area contributed by atoms with E-state index in [2.05, 4.69) is 27.3 Å². The van der Waals surface area contributed by atoms with Crippen molar-refractivity contribution in [2.24, 2.45) is 23.5 Å². The van der Waals surface area contributed by atoms with Crippen LogP contribution in [0.3, 0.4) is 0 Å². The topological polar surface area (TPSA) is 55.1 Å². The number of benzene rings is 1. The van der Waals surface area contributed by atoms with Crippen molar-refractivity contribution in [2.45, 2.75) is 51.1 Å². The maximum absolute atomic E-state index is 12.7. The van der Waals surface area contributed by atoms with Crippen molar-refractivity contribution in [3.63, 3.8) is 0 Å². The largest absolute Gasteiger partial charge is 0.349 e. The Labute approximate surface area is 153 Å². The van der Waals surface area contributed by atoms with E-state index in [9.17, 15) is 4.79 Å². The average molecular weight is 402 g/mol. The van der Waals surface area contributed by atoms with E-state index in [-0.39, 0.29) is 30.3 Å². The van der Waals surface area contributed by atoms with Gasteiger partial charge in [-0.3, -0.25) is 4.79 Å². The van der Waals surface area contributed by atoms with Crippen LogP contribution in [0.4, 0.5) is 0 Å². The van der Waals surface area contributed by atoms with E-state index in [0.29, 0.717) is 17.9 Å². The molecule has 3 nitrogen and oxygen atoms in total. The van der Waals surface area contributed by atoms with Crippen LogP contribution in [0.1, 0.15) is 50.6 Å². The molecule has 1 amide bonds. The van der Waals surface area contributed by atoms with E-state index in [4.69, 9.17) is 5.73 Å². The minimum Gasteiger partial charge on any atom is -0.349 e. The van der Waals surface area contributed by atoms with Crippen LogP contribution in [0.15, 0.2) is 28.7 Å². The maximum Gasteiger partial charge on any atom is 0.223 e. The van der Waals surface area contributed by atoms with Crippen molar-refractivity contribution in [1.82, 2.24) is 5.32 Å². The van der Waals surface area contributed by atoms with Gasteiger partial charge in [-0.15, -0.1) is 12.4 Å². The van der Waals surface area contributed by atoms with E-state index in [1.165, 1.54) is 19.3 Å². The summed E-state index contributed by atoms with van der Waals surface area (Å²) >= 11 is 3.56. The predicted octanol–water partition coefficient (Wildman–Crippen LogP) is 4.20. The Morgan fingerprint density at radius 1 is 1.26 bits per heavy atom. The first kappa shape index (κ1) is 18.8. The van der Waals surface area contributed by atoms with Crippen molar-refractivity contribution in [3.05, 3.63) is 34.3 Å². The van der Waals surface area contributed by atoms with Gasteiger partial charge in [-0.2, -0.15) is 0 Å². The Kier molecular flexibility index (Phi) is 6.52. The van der Waals surface area contributed by atoms with E-state index in [1.54, 1.807) is 0 Å². The molecule has 3 rings (SSSR count). The van der Waals surface area contributed by atoms with Gasteiger partial charge < -0.3 is 11.1 Å². The summed E-state index contributed by atoms with van der Waals surface area (Å²) in [6.45, 7) is 2.05. The standard InChI is InChI=1S/C18H25BrN2O.ClH/c1-11(15-7-2-3-8-16(15)19)21-18(22)14-9-12-5-4-6-13(10-14)17(12)20;/h2-3,7-8,11-14,17H,4-6,9-10,20H2,1H3,(H,21,22);1H. The highest BCUT2D eigenvalue weighted by Gasteiger charge is 2.40. The van der Waals surface area contributed by atoms with Gasteiger partial charge in [-0.25, -0.2) is 0 Å². The summed E-state index contributed by atoms with van der Waals surface area (Å²) in [6.07, 6.45) is 5.60. The van der Waals surface area contributed by atoms with E-state index in [1.807, 2.05) is 25.1 Å². The van der Waals surface area contributed by atoms with Crippen LogP contribution in [0.25, 0.3) is 0 Å². The fourth-order valence-electron chi connectivity index (χ4n) is 4.24. The summed E-state index contributed by atoms with van der Waals surface area (Å²) in [7, 11) is 0. The van der Waals surface area contributed by atoms with E-state index < -0.39 is 0 Å². The first-order valence-electron chi connectivity index (χ1n) is 8.36. The predicted molar refractivity (Wildman–Crippen MR) is 99.5 cm³/mol. The van der Waals surface area contributed by atoms with Crippen molar-refractivity contribution in [1.29, 1.82) is 0 Å². The third-order valence-corrected chi connectivity index (χ3v) is 6.24. The molecule has 0 aromatic heterocycles. The van der Waals surface area contributed by atoms with Crippen LogP contribution in [0.5, 0.6) is 0 Å². The zero-order valence-corrected chi connectivity index (χ0v) is 15.9. The fourth-order valence-corrected chi connectivity index (χ4v) is 4.87. The van der Waals surface area contributed by atoms with Crippen LogP contribution in [-0.4, -0.2) is 11.9 Å². The van der Waals surface area contributed by atoms with Gasteiger partial charge in [0.1, 0.15) is 0 Å². The highest BCUT2D eigenvalue weighted by molar-refractivity contribution is 9.10. The molecule has 128 valence electrons. The lowest BCUT2D eigenvalue weighted by Crippen LogP contribution is -2.49. The molecule has 1 aromatic carbocycles. The molecule has 3 atom stereocenters. The second-order valence-electron chi connectivity index (χ2n) is 6.95. The number of carbonyl (C=O) groups excluding carboxylic acids is 1. The van der Waals surface area contributed by atoms with Crippen LogP contribution in [-0.2, 0) is 4.79 Å². The molecule has 23 heavy (non-hydrogen) atoms. The molecule has 2 saturated carbocycles. The zero-order valence-electron chi connectivity index (χ0n) is 13.5. The van der Waals surface area contributed by atoms with Gasteiger partial charge in [0.2, 0.25) is 5.91 Å². The van der Waals surface area contributed by atoms with Gasteiger partial charge in [0.15, 0.2) is 0 Å². The number of rotatable bonds is 3. The number of halogens is 2. The normalized spacial score (nSPS) is 30.9. The molecule has 1 aromatic rings. The molecule has 5 heteroatoms. The molecule has 0 aliphatic heterocycles. The molecule has 0 spiro atoms. The SMILES string of the molecule is CC(NC(=O)C1CC2CCCC(C1)C2N)c1ccccc1Br.Cl. The maximum atomic E-state index is 12.7. The number of amides is 1. The Morgan fingerprint density at radius 2 is 1.87 bits per heavy atom. The van der Waals surface area contributed by atoms with E-state index in [0.717, 1.165) is 22.9 Å². The lowest BCUT2D eigenvalue weighted by molar-refractivity contribution is -0.128. The summed E-state index contributed by atoms with van der Waals surface area (Å²) in [5.74, 6) is 1.43. The molecule has 0 saturated heterocycles. The molecule has 2 aliphatic carbocycles. The molecule has 2 aliphatic rings. The zero-order chi connectivity index (χ0) is 15.7. The molecule has 0 heterocycles. The summed E-state index contributed by atoms with van der Waals surface area (Å²) in [5, 5.41) is 3.20. The number of hydrogen-bond acceptors (Lipinski definition) is 2. The van der Waals surface area contributed by atoms with E-state index >= 15 is 0 Å². The van der Waals surface area contributed by atoms with Gasteiger partial charge in [-0.05, 0) is 56.1 Å². The van der Waals surface area contributed by atoms with Gasteiger partial charge in [-0.1, -0.05) is 40.5 Å². The Bertz CT molecular complexity index is 540. The van der Waals surface area contributed by atoms with Gasteiger partial charge in [0.25, 0.3) is 0 Å². The minimum atomic E-state index is 0. The van der Waals surface area contributed by atoms with Crippen LogP contribution in [0, 0.1) is 17.8 Å². The Morgan fingerprint density at radius 3 is 2.48 bits per heavy atom. The van der Waals surface area contributed by atoms with Crippen LogP contribution in [0.2, 0.25) is 0 Å². The third-order valence-electron chi connectivity index (χ3n) is 5.51. The highest BCUT2D eigenvalue weighted by atomic mass is 79.9. The number of fused-ring (bicyclic) bond motifs is 2. The molecular formula is C18H26BrClN2O. The van der Waals surface area contributed by atoms with Gasteiger partial charge in [0, 0.05) is 16.4 Å². The second kappa shape index (κ2) is 8.00. The first-order valence-corrected chi connectivity index (χ1v) is 9.16. The quantitative estimate of drug-likeness (QED) is 0.797. The summed E-state index contributed by atoms with van der Waals surface area (Å²) in [5.41, 5.74) is 7.45. The smallest absolute Gasteiger partial charge is 0.223 e. The van der Waals surface area contributed by atoms with Gasteiger partial charge in [0.05, 0.1) is 6.04 Å². The monoisotopic (exact) mass is 400 g/mol. The first-order chi connectivity index (χ1) is 10.6. The molecule has 0 radical (unpaired) electrons. The number of nitrogens with two attached hydrogens (primary N) is 1. The summed E-state index contributed by atoms with van der Waals surface area (Å²) < 4.78 is 1.05. The molecule has 3 N–H and O–H groups in total. The molecule has 2 fully saturated rings. The van der Waals surface area contributed by atoms with Crippen molar-refractivity contribution in [3.8, 4) is 0 Å². The third kappa shape index (κ3) is 4.09. The van der Waals surface area contributed by atoms with Gasteiger partial charge >= 0.3 is 0 Å². The lowest BCUT2D eigenvalue weighted by atomic mass is 9.65. The van der Waals surface area contributed by atoms with Crippen molar-refractivity contribution in [2.75, 3.05) is 0 Å². The second-order valence-corrected chi connectivity index (χ2v) is 7.80. The van der Waals surface area contributed by atoms with Crippen molar-refractivity contribution < 1.29 is 4.79 Å². The van der Waals surface area contributed by atoms with Crippen LogP contribution < -0.4 is 11.1 Å². The Hall–Kier alpha value is -0.580. The highest BCUT2D eigenvalue weighted by Crippen LogP contribution is 2.42. The fraction of sp³-hybridized carbons (Fsp3) is 0.611. The average Bonchev–Trinajstić information content (AvgIpc) is 2.47. The summed E-state index contributed by atoms with van der Waals surface area (Å²) in [6, 6.07) is 8.42. The van der Waals surface area contributed by atoms with Crippen LogP contribution >= 0.6 is 28.3 Å². The minimum absolute atomic E-state index is 0. The van der Waals surface area contributed by atoms with Crippen molar-refractivity contribution >= 4 is 34.2 Å². The summed E-state index contributed by atoms with van der Waals surface area (Å²) in [4.78, 5) is 12.7. The number of carbonyl (C=O) groups is 1. The molecular weight excluding hydrogens is 376 g/mol. The molecule has 2 bridgehead atoms.